The van der Waals surface area contributed by atoms with E-state index in [9.17, 15) is 9.59 Å². The quantitative estimate of drug-likeness (QED) is 0.286. The van der Waals surface area contributed by atoms with Crippen molar-refractivity contribution in [1.82, 2.24) is 15.0 Å². The summed E-state index contributed by atoms with van der Waals surface area (Å²) in [5, 5.41) is 6.51. The van der Waals surface area contributed by atoms with Crippen LogP contribution in [0.4, 0.5) is 11.5 Å². The minimum Gasteiger partial charge on any atom is -0.323 e. The van der Waals surface area contributed by atoms with Gasteiger partial charge in [0.05, 0.1) is 5.52 Å². The van der Waals surface area contributed by atoms with Crippen LogP contribution in [0, 0.1) is 6.92 Å². The summed E-state index contributed by atoms with van der Waals surface area (Å²) in [4.78, 5) is 37.5. The van der Waals surface area contributed by atoms with Crippen LogP contribution in [0.3, 0.4) is 0 Å². The van der Waals surface area contributed by atoms with Crippen molar-refractivity contribution in [3.05, 3.63) is 115 Å². The number of nitrogens with zero attached hydrogens (tertiary/aromatic N) is 3. The Bertz CT molecular complexity index is 1650. The van der Waals surface area contributed by atoms with Crippen molar-refractivity contribution in [2.24, 2.45) is 0 Å². The zero-order valence-corrected chi connectivity index (χ0v) is 20.1. The topological polar surface area (TPSA) is 96.9 Å². The van der Waals surface area contributed by atoms with Gasteiger partial charge in [0.15, 0.2) is 0 Å². The van der Waals surface area contributed by atoms with Gasteiger partial charge in [-0.15, -0.1) is 0 Å². The van der Waals surface area contributed by atoms with Crippen molar-refractivity contribution < 1.29 is 9.59 Å². The maximum absolute atomic E-state index is 12.8. The van der Waals surface area contributed by atoms with Gasteiger partial charge < -0.3 is 10.6 Å². The Morgan fingerprint density at radius 2 is 1.76 bits per heavy atom. The third-order valence-electron chi connectivity index (χ3n) is 5.94. The highest BCUT2D eigenvalue weighted by atomic mass is 16.2. The number of pyridine rings is 1. The molecule has 0 aliphatic carbocycles. The molecule has 0 radical (unpaired) electrons. The predicted octanol–water partition coefficient (Wildman–Crippen LogP) is 6.04. The molecule has 0 spiro atoms. The fourth-order valence-electron chi connectivity index (χ4n) is 4.19. The van der Waals surface area contributed by atoms with E-state index in [4.69, 9.17) is 0 Å². The van der Waals surface area contributed by atoms with Crippen LogP contribution in [0.25, 0.3) is 33.2 Å². The first-order valence-electron chi connectivity index (χ1n) is 11.6. The molecule has 0 saturated heterocycles. The second-order valence-corrected chi connectivity index (χ2v) is 8.46. The highest BCUT2D eigenvalue weighted by Gasteiger charge is 2.14. The molecule has 2 aromatic heterocycles. The summed E-state index contributed by atoms with van der Waals surface area (Å²) in [5.74, 6) is 0.000119. The number of carbonyl (C=O) groups is 2. The van der Waals surface area contributed by atoms with Crippen molar-refractivity contribution in [2.75, 3.05) is 10.6 Å². The molecular formula is C30H23N5O2. The van der Waals surface area contributed by atoms with Crippen LogP contribution in [-0.4, -0.2) is 26.8 Å². The van der Waals surface area contributed by atoms with Gasteiger partial charge in [-0.05, 0) is 83.8 Å². The zero-order valence-electron chi connectivity index (χ0n) is 20.1. The first-order chi connectivity index (χ1) is 18.0. The summed E-state index contributed by atoms with van der Waals surface area (Å²) < 4.78 is 0. The van der Waals surface area contributed by atoms with E-state index in [1.54, 1.807) is 30.6 Å². The average molecular weight is 486 g/mol. The number of anilines is 2. The summed E-state index contributed by atoms with van der Waals surface area (Å²) in [7, 11) is 0. The summed E-state index contributed by atoms with van der Waals surface area (Å²) in [6.07, 6.45) is 6.17. The molecule has 5 rings (SSSR count). The van der Waals surface area contributed by atoms with Gasteiger partial charge in [0, 0.05) is 34.6 Å². The van der Waals surface area contributed by atoms with Crippen molar-refractivity contribution in [3.63, 3.8) is 0 Å². The van der Waals surface area contributed by atoms with Gasteiger partial charge in [-0.1, -0.05) is 30.8 Å². The van der Waals surface area contributed by atoms with Crippen LogP contribution in [0.5, 0.6) is 0 Å². The molecule has 0 atom stereocenters. The van der Waals surface area contributed by atoms with Crippen LogP contribution < -0.4 is 10.6 Å². The molecule has 2 heterocycles. The first-order valence-corrected chi connectivity index (χ1v) is 11.6. The molecule has 180 valence electrons. The van der Waals surface area contributed by atoms with Gasteiger partial charge in [-0.3, -0.25) is 9.59 Å². The third-order valence-corrected chi connectivity index (χ3v) is 5.94. The third kappa shape index (κ3) is 5.11. The van der Waals surface area contributed by atoms with Gasteiger partial charge in [0.2, 0.25) is 5.91 Å². The van der Waals surface area contributed by atoms with Crippen LogP contribution in [0.15, 0.2) is 104 Å². The number of carbonyl (C=O) groups excluding carboxylic acids is 2. The predicted molar refractivity (Wildman–Crippen MR) is 146 cm³/mol. The van der Waals surface area contributed by atoms with Crippen LogP contribution in [0.2, 0.25) is 0 Å². The summed E-state index contributed by atoms with van der Waals surface area (Å²) in [6, 6.07) is 22.7. The minimum absolute atomic E-state index is 0.223. The molecule has 0 bridgehead atoms. The van der Waals surface area contributed by atoms with E-state index in [-0.39, 0.29) is 11.8 Å². The van der Waals surface area contributed by atoms with E-state index in [2.05, 4.69) is 38.2 Å². The highest BCUT2D eigenvalue weighted by molar-refractivity contribution is 6.05. The van der Waals surface area contributed by atoms with Gasteiger partial charge in [-0.2, -0.15) is 0 Å². The van der Waals surface area contributed by atoms with E-state index >= 15 is 0 Å². The zero-order chi connectivity index (χ0) is 25.8. The van der Waals surface area contributed by atoms with E-state index in [0.717, 1.165) is 38.7 Å². The monoisotopic (exact) mass is 485 g/mol. The molecule has 2 amide bonds. The van der Waals surface area contributed by atoms with E-state index in [1.807, 2.05) is 55.5 Å². The lowest BCUT2D eigenvalue weighted by atomic mass is 9.93. The number of amides is 2. The summed E-state index contributed by atoms with van der Waals surface area (Å²) in [6.45, 7) is 5.49. The Hall–Kier alpha value is -5.17. The Morgan fingerprint density at radius 1 is 0.865 bits per heavy atom. The molecule has 2 N–H and O–H groups in total. The highest BCUT2D eigenvalue weighted by Crippen LogP contribution is 2.35. The molecule has 3 aromatic carbocycles. The fourth-order valence-corrected chi connectivity index (χ4v) is 4.19. The Kier molecular flexibility index (Phi) is 6.50. The maximum Gasteiger partial charge on any atom is 0.256 e. The van der Waals surface area contributed by atoms with Crippen LogP contribution in [-0.2, 0) is 4.79 Å². The summed E-state index contributed by atoms with van der Waals surface area (Å²) in [5.41, 5.74) is 6.70. The Balaban J connectivity index is 1.54. The van der Waals surface area contributed by atoms with Crippen molar-refractivity contribution in [3.8, 4) is 22.3 Å². The second-order valence-electron chi connectivity index (χ2n) is 8.46. The minimum atomic E-state index is -0.277. The van der Waals surface area contributed by atoms with Gasteiger partial charge >= 0.3 is 0 Å². The number of aryl methyl sites for hydroxylation is 1. The van der Waals surface area contributed by atoms with Crippen molar-refractivity contribution in [2.45, 2.75) is 6.92 Å². The van der Waals surface area contributed by atoms with Crippen LogP contribution in [0.1, 0.15) is 15.9 Å². The SMILES string of the molecule is C=CC(=O)Nc1cccc(-c2cc(-c3ccc(C(=O)Nc4ccccn4)cc3C)cc3cncnc23)c1. The van der Waals surface area contributed by atoms with Gasteiger partial charge in [0.1, 0.15) is 12.1 Å². The Morgan fingerprint density at radius 3 is 2.54 bits per heavy atom. The second kappa shape index (κ2) is 10.2. The van der Waals surface area contributed by atoms with Gasteiger partial charge in [0.25, 0.3) is 5.91 Å². The number of fused-ring (bicyclic) bond motifs is 1. The number of hydrogen-bond donors (Lipinski definition) is 2. The molecule has 0 unspecified atom stereocenters. The first kappa shape index (κ1) is 23.6. The molecule has 7 nitrogen and oxygen atoms in total. The maximum atomic E-state index is 12.8. The molecular weight excluding hydrogens is 462 g/mol. The van der Waals surface area contributed by atoms with Crippen molar-refractivity contribution >= 4 is 34.2 Å². The number of benzene rings is 3. The molecule has 7 heteroatoms. The smallest absolute Gasteiger partial charge is 0.256 e. The van der Waals surface area contributed by atoms with Gasteiger partial charge in [-0.25, -0.2) is 15.0 Å². The largest absolute Gasteiger partial charge is 0.323 e. The van der Waals surface area contributed by atoms with Crippen molar-refractivity contribution in [1.29, 1.82) is 0 Å². The molecule has 0 saturated carbocycles. The van der Waals surface area contributed by atoms with E-state index < -0.39 is 0 Å². The summed E-state index contributed by atoms with van der Waals surface area (Å²) >= 11 is 0. The number of hydrogen-bond acceptors (Lipinski definition) is 5. The average Bonchev–Trinajstić information content (AvgIpc) is 2.93. The lowest BCUT2D eigenvalue weighted by Gasteiger charge is -2.14. The molecule has 0 aliphatic rings. The number of rotatable bonds is 6. The van der Waals surface area contributed by atoms with Crippen LogP contribution >= 0.6 is 0 Å². The lowest BCUT2D eigenvalue weighted by Crippen LogP contribution is -2.13. The number of nitrogens with one attached hydrogen (secondary N) is 2. The Labute approximate surface area is 214 Å². The van der Waals surface area contributed by atoms with E-state index in [1.165, 1.54) is 12.4 Å². The molecule has 37 heavy (non-hydrogen) atoms. The number of aromatic nitrogens is 3. The molecule has 0 aliphatic heterocycles. The lowest BCUT2D eigenvalue weighted by molar-refractivity contribution is -0.111. The normalized spacial score (nSPS) is 10.6. The fraction of sp³-hybridized carbons (Fsp3) is 0.0333. The standard InChI is InChI=1S/C30H23N5O2/c1-3-28(36)34-24-8-6-7-20(15-24)26-16-22(14-23-17-31-18-33-29(23)26)25-11-10-21(13-19(25)2)30(37)35-27-9-4-5-12-32-27/h3-18H,1H2,2H3,(H,34,36)(H,32,35,37). The van der Waals surface area contributed by atoms with E-state index in [0.29, 0.717) is 17.1 Å². The molecule has 0 fully saturated rings. The molecule has 5 aromatic rings.